The molecule has 0 fully saturated rings. The molecule has 0 saturated heterocycles. The molecule has 144 valence electrons. The van der Waals surface area contributed by atoms with Gasteiger partial charge in [0.05, 0.1) is 18.2 Å². The summed E-state index contributed by atoms with van der Waals surface area (Å²) in [6.45, 7) is 0. The van der Waals surface area contributed by atoms with Crippen molar-refractivity contribution in [2.24, 2.45) is 5.10 Å². The van der Waals surface area contributed by atoms with Crippen LogP contribution in [0.2, 0.25) is 0 Å². The first-order valence-corrected chi connectivity index (χ1v) is 9.42. The molecular formula is C21H14FN3O3S. The Morgan fingerprint density at radius 2 is 1.93 bits per heavy atom. The van der Waals surface area contributed by atoms with E-state index in [9.17, 15) is 9.18 Å². The van der Waals surface area contributed by atoms with Crippen LogP contribution in [-0.2, 0) is 0 Å². The maximum Gasteiger partial charge on any atom is 0.379 e. The van der Waals surface area contributed by atoms with E-state index in [2.05, 4.69) is 15.5 Å². The van der Waals surface area contributed by atoms with Crippen molar-refractivity contribution in [2.75, 3.05) is 5.43 Å². The predicted octanol–water partition coefficient (Wildman–Crippen LogP) is 5.21. The normalized spacial score (nSPS) is 10.9. The minimum absolute atomic E-state index is 0.142. The fraction of sp³-hybridized carbons (Fsp3) is 0. The molecule has 1 N–H and O–H groups in total. The Balaban J connectivity index is 1.34. The van der Waals surface area contributed by atoms with Crippen molar-refractivity contribution in [1.82, 2.24) is 4.98 Å². The van der Waals surface area contributed by atoms with Crippen LogP contribution < -0.4 is 10.2 Å². The number of anilines is 1. The van der Waals surface area contributed by atoms with Crippen molar-refractivity contribution in [2.45, 2.75) is 0 Å². The molecule has 29 heavy (non-hydrogen) atoms. The maximum absolute atomic E-state index is 13.0. The van der Waals surface area contributed by atoms with Crippen LogP contribution in [0.4, 0.5) is 9.52 Å². The summed E-state index contributed by atoms with van der Waals surface area (Å²) in [6, 6.07) is 16.2. The molecule has 0 bridgehead atoms. The van der Waals surface area contributed by atoms with E-state index in [1.807, 2.05) is 5.38 Å². The van der Waals surface area contributed by atoms with Gasteiger partial charge in [-0.3, -0.25) is 5.43 Å². The minimum Gasteiger partial charge on any atom is -0.457 e. The molecule has 0 atom stereocenters. The van der Waals surface area contributed by atoms with Gasteiger partial charge in [-0.2, -0.15) is 5.10 Å². The molecule has 4 aromatic rings. The first-order chi connectivity index (χ1) is 14.2. The van der Waals surface area contributed by atoms with Crippen molar-refractivity contribution < 1.29 is 18.3 Å². The molecule has 8 heteroatoms. The molecule has 0 radical (unpaired) electrons. The van der Waals surface area contributed by atoms with Gasteiger partial charge in [0.1, 0.15) is 11.6 Å². The summed E-state index contributed by atoms with van der Waals surface area (Å²) in [5.41, 5.74) is 5.25. The van der Waals surface area contributed by atoms with Crippen LogP contribution in [-0.4, -0.2) is 17.2 Å². The maximum atomic E-state index is 13.0. The van der Waals surface area contributed by atoms with Crippen molar-refractivity contribution in [1.29, 1.82) is 0 Å². The first-order valence-electron chi connectivity index (χ1n) is 8.54. The lowest BCUT2D eigenvalue weighted by atomic mass is 10.2. The second-order valence-corrected chi connectivity index (χ2v) is 6.71. The van der Waals surface area contributed by atoms with Gasteiger partial charge < -0.3 is 9.15 Å². The van der Waals surface area contributed by atoms with E-state index >= 15 is 0 Å². The summed E-state index contributed by atoms with van der Waals surface area (Å²) >= 11 is 1.40. The molecule has 0 aliphatic carbocycles. The summed E-state index contributed by atoms with van der Waals surface area (Å²) in [5, 5.41) is 6.64. The summed E-state index contributed by atoms with van der Waals surface area (Å²) in [7, 11) is 0. The van der Waals surface area contributed by atoms with Gasteiger partial charge in [0.2, 0.25) is 10.9 Å². The predicted molar refractivity (Wildman–Crippen MR) is 109 cm³/mol. The molecule has 0 amide bonds. The van der Waals surface area contributed by atoms with Crippen LogP contribution in [0.15, 0.2) is 81.8 Å². The second kappa shape index (κ2) is 8.49. The largest absolute Gasteiger partial charge is 0.457 e. The number of hydrazone groups is 1. The molecule has 0 saturated carbocycles. The van der Waals surface area contributed by atoms with Gasteiger partial charge in [0.15, 0.2) is 0 Å². The third-order valence-electron chi connectivity index (χ3n) is 3.83. The zero-order valence-corrected chi connectivity index (χ0v) is 15.7. The molecule has 0 aliphatic rings. The highest BCUT2D eigenvalue weighted by molar-refractivity contribution is 7.14. The van der Waals surface area contributed by atoms with Gasteiger partial charge in [-0.15, -0.1) is 11.3 Å². The Hall–Kier alpha value is -3.78. The Morgan fingerprint density at radius 1 is 1.14 bits per heavy atom. The summed E-state index contributed by atoms with van der Waals surface area (Å²) in [4.78, 5) is 16.3. The van der Waals surface area contributed by atoms with Gasteiger partial charge >= 0.3 is 5.97 Å². The fourth-order valence-corrected chi connectivity index (χ4v) is 3.08. The zero-order chi connectivity index (χ0) is 20.1. The van der Waals surface area contributed by atoms with E-state index in [4.69, 9.17) is 9.15 Å². The van der Waals surface area contributed by atoms with Crippen molar-refractivity contribution in [3.63, 3.8) is 0 Å². The Bertz CT molecular complexity index is 1120. The minimum atomic E-state index is -0.557. The van der Waals surface area contributed by atoms with E-state index in [0.29, 0.717) is 10.9 Å². The monoisotopic (exact) mass is 407 g/mol. The average Bonchev–Trinajstić information content (AvgIpc) is 3.42. The van der Waals surface area contributed by atoms with Crippen molar-refractivity contribution in [3.8, 4) is 17.0 Å². The number of furan rings is 1. The number of rotatable bonds is 6. The van der Waals surface area contributed by atoms with Gasteiger partial charge in [-0.05, 0) is 66.2 Å². The van der Waals surface area contributed by atoms with Gasteiger partial charge in [-0.25, -0.2) is 14.2 Å². The molecule has 6 nitrogen and oxygen atoms in total. The third kappa shape index (κ3) is 4.74. The Kier molecular flexibility index (Phi) is 5.44. The molecule has 4 rings (SSSR count). The van der Waals surface area contributed by atoms with E-state index in [1.54, 1.807) is 48.7 Å². The molecular weight excluding hydrogens is 393 g/mol. The fourth-order valence-electron chi connectivity index (χ4n) is 2.41. The second-order valence-electron chi connectivity index (χ2n) is 5.85. The first kappa shape index (κ1) is 18.6. The number of nitrogens with one attached hydrogen (secondary N) is 1. The molecule has 2 aromatic heterocycles. The lowest BCUT2D eigenvalue weighted by molar-refractivity contribution is 0.0701. The standard InChI is InChI=1S/C21H14FN3O3S/c22-16-7-5-15(6-8-16)18-13-29-21(24-18)25-23-12-14-3-9-17(10-4-14)28-20(26)19-2-1-11-27-19/h1-13H,(H,24,25)/b23-12+. The van der Waals surface area contributed by atoms with Gasteiger partial charge in [0.25, 0.3) is 0 Å². The number of thiazole rings is 1. The number of halogens is 1. The van der Waals surface area contributed by atoms with Crippen molar-refractivity contribution >= 4 is 28.7 Å². The third-order valence-corrected chi connectivity index (χ3v) is 4.58. The number of hydrogen-bond acceptors (Lipinski definition) is 7. The number of carbonyl (C=O) groups is 1. The van der Waals surface area contributed by atoms with E-state index in [0.717, 1.165) is 16.8 Å². The Labute approximate surface area is 169 Å². The summed E-state index contributed by atoms with van der Waals surface area (Å²) in [6.07, 6.45) is 3.03. The number of benzene rings is 2. The van der Waals surface area contributed by atoms with Crippen LogP contribution >= 0.6 is 11.3 Å². The van der Waals surface area contributed by atoms with Crippen LogP contribution in [0.1, 0.15) is 16.1 Å². The lowest BCUT2D eigenvalue weighted by Gasteiger charge is -2.02. The number of ether oxygens (including phenoxy) is 1. The summed E-state index contributed by atoms with van der Waals surface area (Å²) in [5.74, 6) is -0.295. The Morgan fingerprint density at radius 3 is 2.66 bits per heavy atom. The van der Waals surface area contributed by atoms with Crippen LogP contribution in [0, 0.1) is 5.82 Å². The number of nitrogens with zero attached hydrogens (tertiary/aromatic N) is 2. The molecule has 0 unspecified atom stereocenters. The van der Waals surface area contributed by atoms with E-state index < -0.39 is 5.97 Å². The van der Waals surface area contributed by atoms with E-state index in [1.165, 1.54) is 35.8 Å². The smallest absolute Gasteiger partial charge is 0.379 e. The number of carbonyl (C=O) groups excluding carboxylic acids is 1. The molecule has 2 aromatic carbocycles. The molecule has 0 aliphatic heterocycles. The van der Waals surface area contributed by atoms with Crippen molar-refractivity contribution in [3.05, 3.63) is 89.4 Å². The SMILES string of the molecule is O=C(Oc1ccc(/C=N/Nc2nc(-c3ccc(F)cc3)cs2)cc1)c1ccco1. The molecule has 2 heterocycles. The van der Waals surface area contributed by atoms with Gasteiger partial charge in [0, 0.05) is 10.9 Å². The van der Waals surface area contributed by atoms with Crippen LogP contribution in [0.25, 0.3) is 11.3 Å². The average molecular weight is 407 g/mol. The summed E-state index contributed by atoms with van der Waals surface area (Å²) < 4.78 is 23.2. The quantitative estimate of drug-likeness (QED) is 0.206. The zero-order valence-electron chi connectivity index (χ0n) is 14.9. The number of aromatic nitrogens is 1. The lowest BCUT2D eigenvalue weighted by Crippen LogP contribution is -2.07. The van der Waals surface area contributed by atoms with Crippen LogP contribution in [0.5, 0.6) is 5.75 Å². The highest BCUT2D eigenvalue weighted by atomic mass is 32.1. The van der Waals surface area contributed by atoms with Gasteiger partial charge in [-0.1, -0.05) is 0 Å². The highest BCUT2D eigenvalue weighted by Crippen LogP contribution is 2.25. The van der Waals surface area contributed by atoms with E-state index in [-0.39, 0.29) is 11.6 Å². The van der Waals surface area contributed by atoms with Crippen LogP contribution in [0.3, 0.4) is 0 Å². The number of hydrogen-bond donors (Lipinski definition) is 1. The number of esters is 1. The topological polar surface area (TPSA) is 76.7 Å². The highest BCUT2D eigenvalue weighted by Gasteiger charge is 2.11. The molecule has 0 spiro atoms.